The van der Waals surface area contributed by atoms with Crippen LogP contribution >= 0.6 is 11.6 Å². The molecule has 0 aliphatic heterocycles. The minimum absolute atomic E-state index is 0.487. The number of aromatic nitrogens is 2. The van der Waals surface area contributed by atoms with Crippen molar-refractivity contribution in [1.82, 2.24) is 15.1 Å². The van der Waals surface area contributed by atoms with Crippen molar-refractivity contribution in [2.24, 2.45) is 0 Å². The van der Waals surface area contributed by atoms with Crippen molar-refractivity contribution in [2.75, 3.05) is 6.54 Å². The van der Waals surface area contributed by atoms with Gasteiger partial charge >= 0.3 is 5.97 Å². The predicted octanol–water partition coefficient (Wildman–Crippen LogP) is 1.30. The number of aryl methyl sites for hydroxylation is 2. The Morgan fingerprint density at radius 1 is 1.75 bits per heavy atom. The Labute approximate surface area is 99.4 Å². The lowest BCUT2D eigenvalue weighted by molar-refractivity contribution is -0.139. The first-order chi connectivity index (χ1) is 7.54. The van der Waals surface area contributed by atoms with Gasteiger partial charge in [0.25, 0.3) is 0 Å². The van der Waals surface area contributed by atoms with Gasteiger partial charge in [0.2, 0.25) is 0 Å². The van der Waals surface area contributed by atoms with E-state index in [1.165, 1.54) is 0 Å². The maximum absolute atomic E-state index is 10.9. The second kappa shape index (κ2) is 5.86. The topological polar surface area (TPSA) is 67.2 Å². The number of likely N-dealkylation sites (N-methyl/N-ethyl adjacent to an activating group) is 1. The van der Waals surface area contributed by atoms with Crippen LogP contribution in [0.4, 0.5) is 0 Å². The summed E-state index contributed by atoms with van der Waals surface area (Å²) in [6.45, 7) is 4.87. The van der Waals surface area contributed by atoms with E-state index in [0.717, 1.165) is 5.69 Å². The van der Waals surface area contributed by atoms with Gasteiger partial charge in [0.15, 0.2) is 0 Å². The lowest BCUT2D eigenvalue weighted by atomic mass is 10.2. The first kappa shape index (κ1) is 13.0. The maximum Gasteiger partial charge on any atom is 0.320 e. The second-order valence-corrected chi connectivity index (χ2v) is 3.97. The van der Waals surface area contributed by atoms with Crippen molar-refractivity contribution < 1.29 is 9.90 Å². The highest BCUT2D eigenvalue weighted by Gasteiger charge is 2.15. The zero-order chi connectivity index (χ0) is 12.1. The molecule has 90 valence electrons. The SMILES string of the molecule is CCNC(CCn1cc(Cl)c(C)n1)C(=O)O. The van der Waals surface area contributed by atoms with E-state index >= 15 is 0 Å². The zero-order valence-electron chi connectivity index (χ0n) is 9.40. The Morgan fingerprint density at radius 2 is 2.44 bits per heavy atom. The number of hydrogen-bond donors (Lipinski definition) is 2. The van der Waals surface area contributed by atoms with E-state index in [1.807, 2.05) is 13.8 Å². The molecule has 0 saturated carbocycles. The molecule has 0 amide bonds. The molecule has 1 heterocycles. The summed E-state index contributed by atoms with van der Waals surface area (Å²) in [5.41, 5.74) is 0.761. The third kappa shape index (κ3) is 3.50. The molecule has 0 saturated heterocycles. The molecule has 0 spiro atoms. The first-order valence-electron chi connectivity index (χ1n) is 5.20. The third-order valence-electron chi connectivity index (χ3n) is 2.28. The van der Waals surface area contributed by atoms with Crippen molar-refractivity contribution in [3.63, 3.8) is 0 Å². The monoisotopic (exact) mass is 245 g/mol. The van der Waals surface area contributed by atoms with Crippen LogP contribution in [0.5, 0.6) is 0 Å². The lowest BCUT2D eigenvalue weighted by Gasteiger charge is -2.12. The van der Waals surface area contributed by atoms with Gasteiger partial charge in [-0.05, 0) is 19.9 Å². The Balaban J connectivity index is 2.51. The molecular formula is C10H16ClN3O2. The highest BCUT2D eigenvalue weighted by molar-refractivity contribution is 6.31. The van der Waals surface area contributed by atoms with E-state index < -0.39 is 12.0 Å². The molecule has 0 aliphatic carbocycles. The summed E-state index contributed by atoms with van der Waals surface area (Å²) >= 11 is 5.85. The van der Waals surface area contributed by atoms with Crippen LogP contribution in [0.1, 0.15) is 19.0 Å². The minimum Gasteiger partial charge on any atom is -0.480 e. The fourth-order valence-electron chi connectivity index (χ4n) is 1.43. The van der Waals surface area contributed by atoms with Crippen LogP contribution in [0.3, 0.4) is 0 Å². The summed E-state index contributed by atoms with van der Waals surface area (Å²) in [6.07, 6.45) is 2.20. The molecule has 0 fully saturated rings. The minimum atomic E-state index is -0.836. The van der Waals surface area contributed by atoms with Gasteiger partial charge < -0.3 is 10.4 Å². The van der Waals surface area contributed by atoms with Crippen LogP contribution in [0, 0.1) is 6.92 Å². The van der Waals surface area contributed by atoms with Gasteiger partial charge in [0, 0.05) is 12.7 Å². The Hall–Kier alpha value is -1.07. The van der Waals surface area contributed by atoms with E-state index in [4.69, 9.17) is 16.7 Å². The molecule has 5 nitrogen and oxygen atoms in total. The van der Waals surface area contributed by atoms with E-state index in [9.17, 15) is 4.79 Å². The van der Waals surface area contributed by atoms with Crippen LogP contribution < -0.4 is 5.32 Å². The van der Waals surface area contributed by atoms with Gasteiger partial charge in [-0.1, -0.05) is 18.5 Å². The largest absolute Gasteiger partial charge is 0.480 e. The van der Waals surface area contributed by atoms with Gasteiger partial charge in [0.05, 0.1) is 10.7 Å². The van der Waals surface area contributed by atoms with Crippen LogP contribution in [-0.2, 0) is 11.3 Å². The molecule has 0 radical (unpaired) electrons. The smallest absolute Gasteiger partial charge is 0.320 e. The molecule has 1 aromatic heterocycles. The molecule has 1 aromatic rings. The van der Waals surface area contributed by atoms with Crippen molar-refractivity contribution in [2.45, 2.75) is 32.9 Å². The highest BCUT2D eigenvalue weighted by Crippen LogP contribution is 2.12. The molecule has 1 rings (SSSR count). The molecule has 0 aromatic carbocycles. The fourth-order valence-corrected chi connectivity index (χ4v) is 1.58. The third-order valence-corrected chi connectivity index (χ3v) is 2.65. The van der Waals surface area contributed by atoms with E-state index in [-0.39, 0.29) is 0 Å². The predicted molar refractivity (Wildman–Crippen MR) is 61.7 cm³/mol. The molecule has 6 heteroatoms. The fraction of sp³-hybridized carbons (Fsp3) is 0.600. The van der Waals surface area contributed by atoms with Gasteiger partial charge in [-0.25, -0.2) is 0 Å². The van der Waals surface area contributed by atoms with Crippen molar-refractivity contribution >= 4 is 17.6 Å². The Kier molecular flexibility index (Phi) is 4.76. The average Bonchev–Trinajstić information content (AvgIpc) is 2.53. The number of rotatable bonds is 6. The maximum atomic E-state index is 10.9. The van der Waals surface area contributed by atoms with Crippen LogP contribution in [0.15, 0.2) is 6.20 Å². The number of carbonyl (C=O) groups is 1. The second-order valence-electron chi connectivity index (χ2n) is 3.56. The van der Waals surface area contributed by atoms with Gasteiger partial charge in [-0.2, -0.15) is 5.10 Å². The van der Waals surface area contributed by atoms with Crippen molar-refractivity contribution in [3.8, 4) is 0 Å². The summed E-state index contributed by atoms with van der Waals surface area (Å²) < 4.78 is 1.67. The number of carboxylic acids is 1. The summed E-state index contributed by atoms with van der Waals surface area (Å²) in [7, 11) is 0. The zero-order valence-corrected chi connectivity index (χ0v) is 10.2. The molecule has 1 atom stereocenters. The molecule has 16 heavy (non-hydrogen) atoms. The molecule has 0 bridgehead atoms. The number of hydrogen-bond acceptors (Lipinski definition) is 3. The molecule has 1 unspecified atom stereocenters. The average molecular weight is 246 g/mol. The normalized spacial score (nSPS) is 12.7. The quantitative estimate of drug-likeness (QED) is 0.793. The van der Waals surface area contributed by atoms with Crippen molar-refractivity contribution in [1.29, 1.82) is 0 Å². The molecule has 2 N–H and O–H groups in total. The number of aliphatic carboxylic acids is 1. The van der Waals surface area contributed by atoms with E-state index in [2.05, 4.69) is 10.4 Å². The molecule has 0 aliphatic rings. The van der Waals surface area contributed by atoms with Crippen LogP contribution in [-0.4, -0.2) is 33.4 Å². The van der Waals surface area contributed by atoms with Crippen molar-refractivity contribution in [3.05, 3.63) is 16.9 Å². The Morgan fingerprint density at radius 3 is 2.88 bits per heavy atom. The van der Waals surface area contributed by atoms with Crippen LogP contribution in [0.2, 0.25) is 5.02 Å². The summed E-state index contributed by atoms with van der Waals surface area (Å²) in [4.78, 5) is 10.9. The van der Waals surface area contributed by atoms with Gasteiger partial charge in [0.1, 0.15) is 6.04 Å². The van der Waals surface area contributed by atoms with Gasteiger partial charge in [-0.3, -0.25) is 9.48 Å². The van der Waals surface area contributed by atoms with Gasteiger partial charge in [-0.15, -0.1) is 0 Å². The first-order valence-corrected chi connectivity index (χ1v) is 5.58. The summed E-state index contributed by atoms with van der Waals surface area (Å²) in [6, 6.07) is -0.534. The Bertz CT molecular complexity index is 345. The number of halogens is 1. The number of carboxylic acid groups (broad SMARTS) is 1. The van der Waals surface area contributed by atoms with E-state index in [0.29, 0.717) is 24.5 Å². The standard InChI is InChI=1S/C10H16ClN3O2/c1-3-12-9(10(15)16)4-5-14-6-8(11)7(2)13-14/h6,9,12H,3-5H2,1-2H3,(H,15,16). The van der Waals surface area contributed by atoms with E-state index in [1.54, 1.807) is 10.9 Å². The summed E-state index contributed by atoms with van der Waals surface area (Å²) in [5.74, 6) is -0.836. The highest BCUT2D eigenvalue weighted by atomic mass is 35.5. The number of nitrogens with zero attached hydrogens (tertiary/aromatic N) is 2. The molecular weight excluding hydrogens is 230 g/mol. The van der Waals surface area contributed by atoms with Crippen LogP contribution in [0.25, 0.3) is 0 Å². The number of nitrogens with one attached hydrogen (secondary N) is 1. The lowest BCUT2D eigenvalue weighted by Crippen LogP contribution is -2.37. The summed E-state index contributed by atoms with van der Waals surface area (Å²) in [5, 5.41) is 16.6.